The number of rotatable bonds is 10. The Kier molecular flexibility index (Phi) is 9.26. The predicted molar refractivity (Wildman–Crippen MR) is 161 cm³/mol. The Morgan fingerprint density at radius 2 is 1.65 bits per heavy atom. The number of aliphatic hydroxyl groups is 1. The zero-order chi connectivity index (χ0) is 30.6. The fraction of sp³-hybridized carbons (Fsp3) is 0.312. The van der Waals surface area contributed by atoms with Crippen molar-refractivity contribution in [3.63, 3.8) is 0 Å². The largest absolute Gasteiger partial charge is 0.507 e. The second-order valence-corrected chi connectivity index (χ2v) is 12.8. The molecule has 226 valence electrons. The van der Waals surface area contributed by atoms with Crippen molar-refractivity contribution in [2.75, 3.05) is 53.5 Å². The van der Waals surface area contributed by atoms with Crippen molar-refractivity contribution < 1.29 is 32.6 Å². The minimum atomic E-state index is -3.80. The maximum Gasteiger partial charge on any atom is 0.295 e. The average molecular weight is 606 g/mol. The van der Waals surface area contributed by atoms with E-state index in [2.05, 4.69) is 4.90 Å². The number of likely N-dealkylation sites (tertiary alicyclic amines) is 1. The summed E-state index contributed by atoms with van der Waals surface area (Å²) in [5.41, 5.74) is 1.67. The van der Waals surface area contributed by atoms with Crippen molar-refractivity contribution in [2.45, 2.75) is 17.5 Å². The number of morpholine rings is 1. The number of ether oxygens (including phenoxy) is 2. The Labute approximate surface area is 251 Å². The molecule has 0 aromatic heterocycles. The topological polar surface area (TPSA) is 117 Å². The van der Waals surface area contributed by atoms with E-state index in [1.807, 2.05) is 30.3 Å². The molecule has 11 heteroatoms. The van der Waals surface area contributed by atoms with E-state index >= 15 is 0 Å². The Morgan fingerprint density at radius 1 is 0.953 bits per heavy atom. The number of benzene rings is 3. The van der Waals surface area contributed by atoms with E-state index in [0.29, 0.717) is 37.7 Å². The van der Waals surface area contributed by atoms with Gasteiger partial charge in [0.15, 0.2) is 0 Å². The van der Waals surface area contributed by atoms with E-state index in [4.69, 9.17) is 9.47 Å². The summed E-state index contributed by atoms with van der Waals surface area (Å²) in [5.74, 6) is -1.37. The van der Waals surface area contributed by atoms with Gasteiger partial charge in [-0.15, -0.1) is 0 Å². The third-order valence-electron chi connectivity index (χ3n) is 7.63. The Bertz CT molecular complexity index is 1600. The van der Waals surface area contributed by atoms with Crippen molar-refractivity contribution in [3.05, 3.63) is 101 Å². The molecule has 2 fully saturated rings. The van der Waals surface area contributed by atoms with Crippen LogP contribution < -0.4 is 4.74 Å². The van der Waals surface area contributed by atoms with Crippen LogP contribution in [-0.2, 0) is 31.0 Å². The summed E-state index contributed by atoms with van der Waals surface area (Å²) in [7, 11) is -0.977. The van der Waals surface area contributed by atoms with E-state index in [9.17, 15) is 23.1 Å². The zero-order valence-corrected chi connectivity index (χ0v) is 25.0. The molecule has 0 radical (unpaired) electrons. The Hall–Kier alpha value is -4.03. The van der Waals surface area contributed by atoms with Crippen molar-refractivity contribution >= 4 is 27.5 Å². The Balaban J connectivity index is 1.50. The summed E-state index contributed by atoms with van der Waals surface area (Å²) in [4.78, 5) is 30.5. The van der Waals surface area contributed by atoms with Crippen LogP contribution in [0.3, 0.4) is 0 Å². The number of Topliss-reactive ketones (excluding diaryl/α,β-unsaturated/α-hetero) is 1. The van der Waals surface area contributed by atoms with E-state index < -0.39 is 33.5 Å². The lowest BCUT2D eigenvalue weighted by molar-refractivity contribution is -0.140. The van der Waals surface area contributed by atoms with Crippen LogP contribution in [0.4, 0.5) is 0 Å². The van der Waals surface area contributed by atoms with E-state index in [0.717, 1.165) is 23.0 Å². The van der Waals surface area contributed by atoms with Crippen LogP contribution in [0, 0.1) is 0 Å². The number of hydrogen-bond donors (Lipinski definition) is 1. The highest BCUT2D eigenvalue weighted by atomic mass is 32.2. The molecule has 3 aromatic carbocycles. The van der Waals surface area contributed by atoms with Gasteiger partial charge in [-0.2, -0.15) is 0 Å². The second kappa shape index (κ2) is 13.1. The monoisotopic (exact) mass is 605 g/mol. The summed E-state index contributed by atoms with van der Waals surface area (Å²) in [6.45, 7) is 3.79. The number of nitrogens with zero attached hydrogens (tertiary/aromatic N) is 3. The number of aliphatic hydroxyl groups excluding tert-OH is 1. The normalized spacial score (nSPS) is 19.2. The van der Waals surface area contributed by atoms with Gasteiger partial charge in [0.1, 0.15) is 18.1 Å². The van der Waals surface area contributed by atoms with Gasteiger partial charge < -0.3 is 19.5 Å². The summed E-state index contributed by atoms with van der Waals surface area (Å²) in [6.07, 6.45) is 0. The minimum absolute atomic E-state index is 0.0421. The molecule has 2 aliphatic rings. The summed E-state index contributed by atoms with van der Waals surface area (Å²) >= 11 is 0. The van der Waals surface area contributed by atoms with Gasteiger partial charge in [-0.05, 0) is 35.4 Å². The van der Waals surface area contributed by atoms with Gasteiger partial charge >= 0.3 is 0 Å². The molecule has 2 saturated heterocycles. The van der Waals surface area contributed by atoms with Gasteiger partial charge in [0.05, 0.1) is 29.7 Å². The third-order valence-corrected chi connectivity index (χ3v) is 9.44. The van der Waals surface area contributed by atoms with Crippen LogP contribution in [0.1, 0.15) is 22.7 Å². The predicted octanol–water partition coefficient (Wildman–Crippen LogP) is 3.27. The maximum atomic E-state index is 13.5. The number of ketones is 1. The van der Waals surface area contributed by atoms with Crippen LogP contribution in [0.15, 0.2) is 89.3 Å². The van der Waals surface area contributed by atoms with Crippen molar-refractivity contribution in [1.82, 2.24) is 14.1 Å². The Morgan fingerprint density at radius 3 is 2.33 bits per heavy atom. The summed E-state index contributed by atoms with van der Waals surface area (Å²) in [6, 6.07) is 21.7. The van der Waals surface area contributed by atoms with Gasteiger partial charge in [0.2, 0.25) is 10.0 Å². The lowest BCUT2D eigenvalue weighted by atomic mass is 9.95. The fourth-order valence-corrected chi connectivity index (χ4v) is 6.14. The maximum absolute atomic E-state index is 13.5. The van der Waals surface area contributed by atoms with E-state index in [1.165, 1.54) is 43.3 Å². The number of amides is 1. The fourth-order valence-electron chi connectivity index (χ4n) is 5.19. The average Bonchev–Trinajstić information content (AvgIpc) is 3.28. The highest BCUT2D eigenvalue weighted by molar-refractivity contribution is 7.89. The molecule has 0 spiro atoms. The number of carbonyl (C=O) groups is 2. The van der Waals surface area contributed by atoms with Crippen molar-refractivity contribution in [1.29, 1.82) is 0 Å². The molecule has 1 unspecified atom stereocenters. The molecule has 10 nitrogen and oxygen atoms in total. The van der Waals surface area contributed by atoms with Gasteiger partial charge in [-0.1, -0.05) is 54.6 Å². The highest BCUT2D eigenvalue weighted by Crippen LogP contribution is 2.40. The minimum Gasteiger partial charge on any atom is -0.507 e. The van der Waals surface area contributed by atoms with E-state index in [-0.39, 0.29) is 22.6 Å². The molecule has 0 bridgehead atoms. The number of sulfonamides is 1. The van der Waals surface area contributed by atoms with Crippen molar-refractivity contribution in [2.24, 2.45) is 0 Å². The highest BCUT2D eigenvalue weighted by Gasteiger charge is 2.46. The van der Waals surface area contributed by atoms with Gasteiger partial charge in [-0.25, -0.2) is 12.7 Å². The van der Waals surface area contributed by atoms with Gasteiger partial charge in [0, 0.05) is 45.8 Å². The molecule has 2 aliphatic heterocycles. The summed E-state index contributed by atoms with van der Waals surface area (Å²) < 4.78 is 38.0. The first-order chi connectivity index (χ1) is 20.7. The smallest absolute Gasteiger partial charge is 0.295 e. The molecule has 0 saturated carbocycles. The molecular formula is C32H35N3O7S. The molecule has 43 heavy (non-hydrogen) atoms. The molecule has 1 N–H and O–H groups in total. The zero-order valence-electron chi connectivity index (χ0n) is 24.2. The molecule has 1 amide bonds. The molecule has 3 aromatic rings. The van der Waals surface area contributed by atoms with Gasteiger partial charge in [0.25, 0.3) is 11.7 Å². The SMILES string of the molecule is CN(C)S(=O)(=O)c1cccc(C(O)=C2C(=O)C(=O)N(CCN3CCOCC3)C2c2ccc(OCc3ccccc3)cc2)c1. The second-order valence-electron chi connectivity index (χ2n) is 10.6. The van der Waals surface area contributed by atoms with Crippen LogP contribution in [-0.4, -0.2) is 92.8 Å². The van der Waals surface area contributed by atoms with Crippen molar-refractivity contribution in [3.8, 4) is 5.75 Å². The first-order valence-electron chi connectivity index (χ1n) is 14.0. The van der Waals surface area contributed by atoms with Crippen LogP contribution in [0.2, 0.25) is 0 Å². The third kappa shape index (κ3) is 6.65. The van der Waals surface area contributed by atoms with Crippen LogP contribution in [0.5, 0.6) is 5.75 Å². The standard InChI is InChI=1S/C32H35N3O7S/c1-33(2)43(39,40)27-10-6-9-25(21-27)30(36)28-29(35(32(38)31(28)37)16-15-34-17-19-41-20-18-34)24-11-13-26(14-12-24)42-22-23-7-4-3-5-8-23/h3-14,21,29,36H,15-20,22H2,1-2H3. The number of carbonyl (C=O) groups excluding carboxylic acids is 2. The first kappa shape index (κ1) is 30.4. The first-order valence-corrected chi connectivity index (χ1v) is 15.5. The van der Waals surface area contributed by atoms with E-state index in [1.54, 1.807) is 24.3 Å². The van der Waals surface area contributed by atoms with Crippen LogP contribution in [0.25, 0.3) is 5.76 Å². The molecule has 1 atom stereocenters. The quantitative estimate of drug-likeness (QED) is 0.213. The molecule has 5 rings (SSSR count). The molecule has 2 heterocycles. The van der Waals surface area contributed by atoms with Crippen LogP contribution >= 0.6 is 0 Å². The molecular weight excluding hydrogens is 570 g/mol. The molecule has 0 aliphatic carbocycles. The van der Waals surface area contributed by atoms with Gasteiger partial charge in [-0.3, -0.25) is 14.5 Å². The summed E-state index contributed by atoms with van der Waals surface area (Å²) in [5, 5.41) is 11.5. The lowest BCUT2D eigenvalue weighted by Crippen LogP contribution is -2.42. The number of hydrogen-bond acceptors (Lipinski definition) is 8. The lowest BCUT2D eigenvalue weighted by Gasteiger charge is -2.31.